The Labute approximate surface area is 124 Å². The predicted molar refractivity (Wildman–Crippen MR) is 80.6 cm³/mol. The lowest BCUT2D eigenvalue weighted by molar-refractivity contribution is -0.139. The summed E-state index contributed by atoms with van der Waals surface area (Å²) in [6, 6.07) is 6.08. The van der Waals surface area contributed by atoms with Gasteiger partial charge in [0.2, 0.25) is 0 Å². The van der Waals surface area contributed by atoms with Crippen molar-refractivity contribution in [2.24, 2.45) is 0 Å². The number of hydrogen-bond acceptors (Lipinski definition) is 3. The summed E-state index contributed by atoms with van der Waals surface area (Å²) < 4.78 is 4.89. The Bertz CT molecular complexity index is 490. The summed E-state index contributed by atoms with van der Waals surface area (Å²) in [5.41, 5.74) is 1.75. The maximum Gasteiger partial charge on any atom is 0.326 e. The van der Waals surface area contributed by atoms with Gasteiger partial charge < -0.3 is 15.2 Å². The topological polar surface area (TPSA) is 78.9 Å². The monoisotopic (exact) mass is 294 g/mol. The first-order valence-electron chi connectivity index (χ1n) is 6.78. The van der Waals surface area contributed by atoms with E-state index in [-0.39, 0.29) is 0 Å². The Hall–Kier alpha value is -2.08. The highest BCUT2D eigenvalue weighted by Gasteiger charge is 2.21. The third kappa shape index (κ3) is 5.43. The molecule has 2 amide bonds. The van der Waals surface area contributed by atoms with E-state index in [1.807, 2.05) is 25.1 Å². The molecule has 1 aromatic rings. The molecule has 0 spiro atoms. The third-order valence-electron chi connectivity index (χ3n) is 3.13. The van der Waals surface area contributed by atoms with Crippen molar-refractivity contribution in [3.63, 3.8) is 0 Å². The van der Waals surface area contributed by atoms with E-state index in [0.717, 1.165) is 5.56 Å². The van der Waals surface area contributed by atoms with Crippen molar-refractivity contribution in [2.45, 2.75) is 25.8 Å². The van der Waals surface area contributed by atoms with Crippen molar-refractivity contribution in [3.8, 4) is 0 Å². The van der Waals surface area contributed by atoms with Crippen molar-refractivity contribution >= 4 is 17.7 Å². The number of benzene rings is 1. The van der Waals surface area contributed by atoms with Crippen molar-refractivity contribution in [3.05, 3.63) is 29.8 Å². The van der Waals surface area contributed by atoms with Gasteiger partial charge in [0, 0.05) is 26.5 Å². The van der Waals surface area contributed by atoms with Crippen LogP contribution < -0.4 is 10.2 Å². The van der Waals surface area contributed by atoms with Crippen LogP contribution in [-0.4, -0.2) is 43.9 Å². The Morgan fingerprint density at radius 3 is 2.71 bits per heavy atom. The molecule has 0 heterocycles. The van der Waals surface area contributed by atoms with Gasteiger partial charge in [-0.05, 0) is 37.5 Å². The van der Waals surface area contributed by atoms with Crippen LogP contribution in [0.5, 0.6) is 0 Å². The minimum atomic E-state index is -1.04. The number of nitrogens with one attached hydrogen (secondary N) is 1. The van der Waals surface area contributed by atoms with E-state index in [1.165, 1.54) is 4.90 Å². The van der Waals surface area contributed by atoms with E-state index >= 15 is 0 Å². The number of carbonyl (C=O) groups excluding carboxylic acids is 1. The van der Waals surface area contributed by atoms with Gasteiger partial charge in [0.05, 0.1) is 0 Å². The van der Waals surface area contributed by atoms with Crippen LogP contribution in [0.4, 0.5) is 10.5 Å². The van der Waals surface area contributed by atoms with Gasteiger partial charge >= 0.3 is 12.0 Å². The van der Waals surface area contributed by atoms with Crippen molar-refractivity contribution in [2.75, 3.05) is 25.7 Å². The summed E-state index contributed by atoms with van der Waals surface area (Å²) in [5.74, 6) is -1.04. The van der Waals surface area contributed by atoms with Crippen LogP contribution in [-0.2, 0) is 9.53 Å². The molecule has 6 nitrogen and oxygen atoms in total. The van der Waals surface area contributed by atoms with Gasteiger partial charge in [-0.2, -0.15) is 0 Å². The first-order valence-corrected chi connectivity index (χ1v) is 6.78. The Kier molecular flexibility index (Phi) is 6.68. The number of anilines is 1. The van der Waals surface area contributed by atoms with Crippen molar-refractivity contribution in [1.82, 2.24) is 5.32 Å². The minimum absolute atomic E-state index is 0.330. The number of methoxy groups -OCH3 is 1. The third-order valence-corrected chi connectivity index (χ3v) is 3.13. The van der Waals surface area contributed by atoms with Crippen LogP contribution >= 0.6 is 0 Å². The van der Waals surface area contributed by atoms with Gasteiger partial charge in [-0.15, -0.1) is 0 Å². The number of amides is 2. The summed E-state index contributed by atoms with van der Waals surface area (Å²) in [5, 5.41) is 11.7. The molecule has 1 atom stereocenters. The lowest BCUT2D eigenvalue weighted by Gasteiger charge is -2.21. The summed E-state index contributed by atoms with van der Waals surface area (Å²) in [4.78, 5) is 24.7. The lowest BCUT2D eigenvalue weighted by atomic mass is 10.1. The second-order valence-electron chi connectivity index (χ2n) is 4.87. The fourth-order valence-electron chi connectivity index (χ4n) is 1.89. The molecule has 0 bridgehead atoms. The number of carboxylic acid groups (broad SMARTS) is 1. The summed E-state index contributed by atoms with van der Waals surface area (Å²) in [6.45, 7) is 2.40. The first-order chi connectivity index (χ1) is 9.95. The van der Waals surface area contributed by atoms with Crippen molar-refractivity contribution < 1.29 is 19.4 Å². The minimum Gasteiger partial charge on any atom is -0.480 e. The molecule has 0 saturated heterocycles. The number of nitrogens with zero attached hydrogens (tertiary/aromatic N) is 1. The fourth-order valence-corrected chi connectivity index (χ4v) is 1.89. The number of carboxylic acids is 1. The molecule has 6 heteroatoms. The van der Waals surface area contributed by atoms with E-state index in [1.54, 1.807) is 20.2 Å². The molecule has 116 valence electrons. The summed E-state index contributed by atoms with van der Waals surface area (Å²) in [6.07, 6.45) is 0.901. The van der Waals surface area contributed by atoms with Crippen LogP contribution in [0.3, 0.4) is 0 Å². The quantitative estimate of drug-likeness (QED) is 0.754. The van der Waals surface area contributed by atoms with E-state index in [9.17, 15) is 9.59 Å². The van der Waals surface area contributed by atoms with Crippen LogP contribution in [0.1, 0.15) is 18.4 Å². The molecule has 0 aliphatic carbocycles. The smallest absolute Gasteiger partial charge is 0.326 e. The molecule has 21 heavy (non-hydrogen) atoms. The summed E-state index contributed by atoms with van der Waals surface area (Å²) in [7, 11) is 3.16. The Morgan fingerprint density at radius 2 is 2.14 bits per heavy atom. The normalized spacial score (nSPS) is 11.8. The molecule has 0 aliphatic rings. The highest BCUT2D eigenvalue weighted by atomic mass is 16.5. The van der Waals surface area contributed by atoms with E-state index < -0.39 is 18.0 Å². The molecule has 0 radical (unpaired) electrons. The molecule has 0 saturated carbocycles. The molecule has 0 aliphatic heterocycles. The van der Waals surface area contributed by atoms with Gasteiger partial charge in [-0.25, -0.2) is 9.59 Å². The van der Waals surface area contributed by atoms with Crippen LogP contribution in [0, 0.1) is 6.92 Å². The number of rotatable bonds is 7. The molecule has 1 rings (SSSR count). The zero-order valence-corrected chi connectivity index (χ0v) is 12.6. The van der Waals surface area contributed by atoms with Crippen LogP contribution in [0.2, 0.25) is 0 Å². The maximum absolute atomic E-state index is 12.1. The molecule has 2 N–H and O–H groups in total. The van der Waals surface area contributed by atoms with Gasteiger partial charge in [0.25, 0.3) is 0 Å². The molecular weight excluding hydrogens is 272 g/mol. The predicted octanol–water partition coefficient (Wildman–Crippen LogP) is 2.02. The second-order valence-corrected chi connectivity index (χ2v) is 4.87. The second kappa shape index (κ2) is 8.26. The average Bonchev–Trinajstić information content (AvgIpc) is 2.45. The van der Waals surface area contributed by atoms with E-state index in [2.05, 4.69) is 5.32 Å². The SMILES string of the molecule is COCCCC(NC(=O)N(C)c1cccc(C)c1)C(=O)O. The number of aliphatic carboxylic acids is 1. The van der Waals surface area contributed by atoms with E-state index in [4.69, 9.17) is 9.84 Å². The number of urea groups is 1. The highest BCUT2D eigenvalue weighted by Crippen LogP contribution is 2.14. The average molecular weight is 294 g/mol. The summed E-state index contributed by atoms with van der Waals surface area (Å²) >= 11 is 0. The van der Waals surface area contributed by atoms with Crippen LogP contribution in [0.15, 0.2) is 24.3 Å². The Balaban J connectivity index is 2.66. The lowest BCUT2D eigenvalue weighted by Crippen LogP contribution is -2.46. The van der Waals surface area contributed by atoms with E-state index in [0.29, 0.717) is 25.1 Å². The number of hydrogen-bond donors (Lipinski definition) is 2. The van der Waals surface area contributed by atoms with Gasteiger partial charge in [0.15, 0.2) is 0 Å². The van der Waals surface area contributed by atoms with Gasteiger partial charge in [-0.3, -0.25) is 4.90 Å². The molecule has 0 aromatic heterocycles. The molecule has 1 unspecified atom stereocenters. The van der Waals surface area contributed by atoms with Crippen molar-refractivity contribution in [1.29, 1.82) is 0 Å². The molecular formula is C15H22N2O4. The number of carbonyl (C=O) groups is 2. The first kappa shape index (κ1) is 17.0. The maximum atomic E-state index is 12.1. The molecule has 0 fully saturated rings. The van der Waals surface area contributed by atoms with Gasteiger partial charge in [-0.1, -0.05) is 12.1 Å². The number of ether oxygens (including phenoxy) is 1. The highest BCUT2D eigenvalue weighted by molar-refractivity contribution is 5.94. The Morgan fingerprint density at radius 1 is 1.43 bits per heavy atom. The number of aryl methyl sites for hydroxylation is 1. The zero-order chi connectivity index (χ0) is 15.8. The largest absolute Gasteiger partial charge is 0.480 e. The van der Waals surface area contributed by atoms with Gasteiger partial charge in [0.1, 0.15) is 6.04 Å². The molecule has 1 aromatic carbocycles. The standard InChI is InChI=1S/C15H22N2O4/c1-11-6-4-7-12(10-11)17(2)15(20)16-13(14(18)19)8-5-9-21-3/h4,6-7,10,13H,5,8-9H2,1-3H3,(H,16,20)(H,18,19). The fraction of sp³-hybridized carbons (Fsp3) is 0.467. The van der Waals surface area contributed by atoms with Crippen LogP contribution in [0.25, 0.3) is 0 Å². The zero-order valence-electron chi connectivity index (χ0n) is 12.6.